The molecule has 0 aliphatic heterocycles. The maximum Gasteiger partial charge on any atom is 0.472 e. The van der Waals surface area contributed by atoms with E-state index in [0.29, 0.717) is 17.4 Å². The lowest BCUT2D eigenvalue weighted by Gasteiger charge is -2.24. The Hall–Kier alpha value is -1.25. The first-order chi connectivity index (χ1) is 18.0. The number of allylic oxidation sites excluding steroid dienone is 2. The topological polar surface area (TPSA) is 108 Å². The third kappa shape index (κ3) is 25.1. The third-order valence-electron chi connectivity index (χ3n) is 5.78. The first-order valence-electron chi connectivity index (χ1n) is 14.4. The Labute approximate surface area is 231 Å². The molecule has 10 heteroatoms. The van der Waals surface area contributed by atoms with Gasteiger partial charge in [-0.1, -0.05) is 70.9 Å². The quantitative estimate of drug-likeness (QED) is 0.0450. The molecule has 38 heavy (non-hydrogen) atoms. The van der Waals surface area contributed by atoms with E-state index in [9.17, 15) is 19.0 Å². The van der Waals surface area contributed by atoms with Crippen LogP contribution in [-0.2, 0) is 32.7 Å². The Morgan fingerprint density at radius 3 is 2.05 bits per heavy atom. The first-order valence-corrected chi connectivity index (χ1v) is 15.9. The van der Waals surface area contributed by atoms with Gasteiger partial charge in [0.1, 0.15) is 19.8 Å². The highest BCUT2D eigenvalue weighted by Crippen LogP contribution is 2.43. The minimum absolute atomic E-state index is 0.0313. The van der Waals surface area contributed by atoms with E-state index in [2.05, 4.69) is 26.0 Å². The van der Waals surface area contributed by atoms with Crippen LogP contribution in [-0.4, -0.2) is 74.9 Å². The molecule has 0 aliphatic rings. The molecule has 0 saturated heterocycles. The molecule has 0 heterocycles. The number of hydrogen-bond donors (Lipinski definition) is 1. The molecule has 1 unspecified atom stereocenters. The van der Waals surface area contributed by atoms with Crippen LogP contribution < -0.4 is 0 Å². The van der Waals surface area contributed by atoms with Gasteiger partial charge < -0.3 is 18.9 Å². The van der Waals surface area contributed by atoms with Crippen LogP contribution in [0.5, 0.6) is 0 Å². The minimum atomic E-state index is -4.34. The molecule has 0 amide bonds. The fraction of sp³-hybridized carbons (Fsp3) is 0.857. The second kappa shape index (κ2) is 22.6. The summed E-state index contributed by atoms with van der Waals surface area (Å²) < 4.78 is 33.6. The molecule has 0 aromatic rings. The Kier molecular flexibility index (Phi) is 21.8. The highest BCUT2D eigenvalue weighted by atomic mass is 31.2. The van der Waals surface area contributed by atoms with E-state index < -0.39 is 32.5 Å². The normalized spacial score (nSPS) is 14.4. The summed E-state index contributed by atoms with van der Waals surface area (Å²) in [6, 6.07) is 0. The summed E-state index contributed by atoms with van der Waals surface area (Å²) in [5, 5.41) is 0. The summed E-state index contributed by atoms with van der Waals surface area (Å²) in [6.45, 7) is 4.17. The van der Waals surface area contributed by atoms with Crippen LogP contribution in [0.15, 0.2) is 12.2 Å². The van der Waals surface area contributed by atoms with Gasteiger partial charge in [-0.3, -0.25) is 18.6 Å². The van der Waals surface area contributed by atoms with E-state index in [4.69, 9.17) is 18.5 Å². The van der Waals surface area contributed by atoms with Gasteiger partial charge in [0.25, 0.3) is 0 Å². The summed E-state index contributed by atoms with van der Waals surface area (Å²) in [4.78, 5) is 34.5. The number of carbonyl (C=O) groups is 2. The van der Waals surface area contributed by atoms with Crippen molar-refractivity contribution in [1.82, 2.24) is 0 Å². The number of phosphoric ester groups is 1. The van der Waals surface area contributed by atoms with Crippen LogP contribution >= 0.6 is 7.82 Å². The molecule has 0 aliphatic carbocycles. The third-order valence-corrected chi connectivity index (χ3v) is 6.76. The van der Waals surface area contributed by atoms with Crippen molar-refractivity contribution in [3.05, 3.63) is 12.2 Å². The number of quaternary nitrogens is 1. The van der Waals surface area contributed by atoms with E-state index in [1.807, 2.05) is 21.1 Å². The highest BCUT2D eigenvalue weighted by Gasteiger charge is 2.27. The van der Waals surface area contributed by atoms with Gasteiger partial charge in [0, 0.05) is 12.8 Å². The van der Waals surface area contributed by atoms with Gasteiger partial charge in [-0.25, -0.2) is 4.57 Å². The number of rotatable bonds is 25. The molecule has 0 radical (unpaired) electrons. The maximum absolute atomic E-state index is 12.4. The first kappa shape index (κ1) is 36.8. The van der Waals surface area contributed by atoms with E-state index in [0.717, 1.165) is 64.2 Å². The molecule has 1 N–H and O–H groups in total. The van der Waals surface area contributed by atoms with Crippen LogP contribution in [0.1, 0.15) is 104 Å². The zero-order chi connectivity index (χ0) is 28.7. The lowest BCUT2D eigenvalue weighted by Crippen LogP contribution is -2.37. The monoisotopic (exact) mass is 564 g/mol. The lowest BCUT2D eigenvalue weighted by molar-refractivity contribution is -0.870. The highest BCUT2D eigenvalue weighted by molar-refractivity contribution is 7.47. The molecular formula is C28H55NO8P+. The number of ether oxygens (including phenoxy) is 2. The molecule has 0 rings (SSSR count). The van der Waals surface area contributed by atoms with Gasteiger partial charge in [-0.2, -0.15) is 0 Å². The molecule has 0 saturated carbocycles. The van der Waals surface area contributed by atoms with Crippen LogP contribution in [0.2, 0.25) is 0 Å². The van der Waals surface area contributed by atoms with Crippen molar-refractivity contribution in [1.29, 1.82) is 0 Å². The van der Waals surface area contributed by atoms with Gasteiger partial charge in [-0.15, -0.1) is 0 Å². The van der Waals surface area contributed by atoms with Gasteiger partial charge in [-0.05, 0) is 32.1 Å². The molecule has 224 valence electrons. The molecule has 0 fully saturated rings. The van der Waals surface area contributed by atoms with Crippen LogP contribution in [0.4, 0.5) is 0 Å². The number of carbonyl (C=O) groups excluding carboxylic acids is 2. The van der Waals surface area contributed by atoms with Gasteiger partial charge in [0.05, 0.1) is 27.7 Å². The average molecular weight is 565 g/mol. The number of nitrogens with zero attached hydrogens (tertiary/aromatic N) is 1. The van der Waals surface area contributed by atoms with E-state index in [1.54, 1.807) is 0 Å². The predicted molar refractivity (Wildman–Crippen MR) is 151 cm³/mol. The molecular weight excluding hydrogens is 509 g/mol. The number of likely N-dealkylation sites (N-methyl/N-ethyl adjacent to an activating group) is 1. The van der Waals surface area contributed by atoms with Gasteiger partial charge in [0.15, 0.2) is 6.10 Å². The van der Waals surface area contributed by atoms with Crippen molar-refractivity contribution in [3.63, 3.8) is 0 Å². The van der Waals surface area contributed by atoms with E-state index >= 15 is 0 Å². The van der Waals surface area contributed by atoms with E-state index in [-0.39, 0.29) is 26.1 Å². The minimum Gasteiger partial charge on any atom is -0.462 e. The zero-order valence-corrected chi connectivity index (χ0v) is 25.6. The number of esters is 2. The molecule has 9 nitrogen and oxygen atoms in total. The van der Waals surface area contributed by atoms with E-state index in [1.165, 1.54) is 6.42 Å². The molecule has 0 aromatic carbocycles. The Morgan fingerprint density at radius 1 is 0.789 bits per heavy atom. The van der Waals surface area contributed by atoms with Crippen molar-refractivity contribution >= 4 is 19.8 Å². The summed E-state index contributed by atoms with van der Waals surface area (Å²) in [7, 11) is 1.46. The molecule has 2 atom stereocenters. The number of phosphoric acid groups is 1. The van der Waals surface area contributed by atoms with Crippen LogP contribution in [0, 0.1) is 0 Å². The van der Waals surface area contributed by atoms with Crippen molar-refractivity contribution in [2.45, 2.75) is 110 Å². The Bertz CT molecular complexity index is 693. The molecule has 0 aromatic heterocycles. The summed E-state index contributed by atoms with van der Waals surface area (Å²) in [5.74, 6) is -0.836. The fourth-order valence-corrected chi connectivity index (χ4v) is 4.17. The second-order valence-corrected chi connectivity index (χ2v) is 12.2. The lowest BCUT2D eigenvalue weighted by atomic mass is 10.1. The smallest absolute Gasteiger partial charge is 0.462 e. The number of hydrogen-bond acceptors (Lipinski definition) is 7. The van der Waals surface area contributed by atoms with Gasteiger partial charge in [0.2, 0.25) is 0 Å². The average Bonchev–Trinajstić information content (AvgIpc) is 2.83. The van der Waals surface area contributed by atoms with Crippen LogP contribution in [0.25, 0.3) is 0 Å². The Morgan fingerprint density at radius 2 is 1.39 bits per heavy atom. The van der Waals surface area contributed by atoms with Crippen LogP contribution in [0.3, 0.4) is 0 Å². The van der Waals surface area contributed by atoms with Crippen molar-refractivity contribution < 1.29 is 42.1 Å². The van der Waals surface area contributed by atoms with Crippen molar-refractivity contribution in [2.75, 3.05) is 47.5 Å². The summed E-state index contributed by atoms with van der Waals surface area (Å²) in [6.07, 6.45) is 16.1. The van der Waals surface area contributed by atoms with Crippen molar-refractivity contribution in [3.8, 4) is 0 Å². The number of unbranched alkanes of at least 4 members (excludes halogenated alkanes) is 9. The summed E-state index contributed by atoms with van der Waals surface area (Å²) >= 11 is 0. The van der Waals surface area contributed by atoms with Crippen molar-refractivity contribution in [2.24, 2.45) is 0 Å². The van der Waals surface area contributed by atoms with Gasteiger partial charge >= 0.3 is 19.8 Å². The summed E-state index contributed by atoms with van der Waals surface area (Å²) in [5.41, 5.74) is 0. The maximum atomic E-state index is 12.4. The standard InChI is InChI=1S/C28H54NO8P/c1-6-8-10-12-13-14-15-16-17-19-21-28(31)37-26(24-34-27(30)20-18-11-9-7-2)25-36-38(32,33)35-23-22-29(3,4)5/h10,12,26H,6-9,11,13-25H2,1-5H3/p+1/b12-10-/t26-/m0/s1. The zero-order valence-electron chi connectivity index (χ0n) is 24.7. The predicted octanol–water partition coefficient (Wildman–Crippen LogP) is 6.34. The second-order valence-electron chi connectivity index (χ2n) is 10.8. The largest absolute Gasteiger partial charge is 0.472 e. The SMILES string of the molecule is CCC/C=C\CCCCCCCC(=O)O[C@@H](COC(=O)CCCCCC)COP(=O)(O)OCC[N+](C)(C)C. The Balaban J connectivity index is 4.54. The molecule has 0 bridgehead atoms. The molecule has 0 spiro atoms. The fourth-order valence-electron chi connectivity index (χ4n) is 3.42.